The van der Waals surface area contributed by atoms with Gasteiger partial charge in [0.15, 0.2) is 11.5 Å². The quantitative estimate of drug-likeness (QED) is 0.398. The van der Waals surface area contributed by atoms with Crippen molar-refractivity contribution in [3.05, 3.63) is 47.6 Å². The van der Waals surface area contributed by atoms with Crippen LogP contribution in [-0.2, 0) is 4.74 Å². The number of hydrazone groups is 1. The number of ether oxygens (including phenoxy) is 1. The summed E-state index contributed by atoms with van der Waals surface area (Å²) in [5.41, 5.74) is 1.67. The van der Waals surface area contributed by atoms with Gasteiger partial charge in [-0.05, 0) is 19.0 Å². The van der Waals surface area contributed by atoms with Crippen LogP contribution in [0.1, 0.15) is 38.3 Å². The Balaban J connectivity index is 1.56. The van der Waals surface area contributed by atoms with E-state index >= 15 is 0 Å². The van der Waals surface area contributed by atoms with Crippen LogP contribution in [0.15, 0.2) is 40.3 Å². The largest absolute Gasteiger partial charge is 0.383 e. The molecule has 0 aliphatic carbocycles. The molecule has 3 atom stereocenters. The molecule has 2 aromatic heterocycles. The van der Waals surface area contributed by atoms with Crippen molar-refractivity contribution >= 4 is 17.6 Å². The highest BCUT2D eigenvalue weighted by molar-refractivity contribution is 6.11. The highest BCUT2D eigenvalue weighted by atomic mass is 19.1. The van der Waals surface area contributed by atoms with Crippen LogP contribution < -0.4 is 5.32 Å². The fourth-order valence-corrected chi connectivity index (χ4v) is 4.22. The van der Waals surface area contributed by atoms with Gasteiger partial charge in [-0.2, -0.15) is 5.10 Å². The van der Waals surface area contributed by atoms with Crippen molar-refractivity contribution in [2.24, 2.45) is 16.0 Å². The third-order valence-electron chi connectivity index (χ3n) is 5.95. The zero-order valence-electron chi connectivity index (χ0n) is 18.9. The molecule has 3 unspecified atom stereocenters. The fraction of sp³-hybridized carbons (Fsp3) is 0.522. The Morgan fingerprint density at radius 3 is 2.91 bits per heavy atom. The van der Waals surface area contributed by atoms with Crippen LogP contribution in [0.4, 0.5) is 8.78 Å². The Kier molecular flexibility index (Phi) is 7.46. The SMILES string of the molecule is CCCCCCNC(O)C1=CC2C(C=N1)C(c1cnc3c(F)cc(F)cn13)=NN2CCOC. The lowest BCUT2D eigenvalue weighted by atomic mass is 9.92. The van der Waals surface area contributed by atoms with Crippen LogP contribution in [0, 0.1) is 17.6 Å². The zero-order chi connectivity index (χ0) is 23.4. The molecule has 10 heteroatoms. The summed E-state index contributed by atoms with van der Waals surface area (Å²) in [5.74, 6) is -1.69. The number of imidazole rings is 1. The first-order valence-electron chi connectivity index (χ1n) is 11.4. The van der Waals surface area contributed by atoms with Gasteiger partial charge in [0.2, 0.25) is 0 Å². The average Bonchev–Trinajstić information content (AvgIpc) is 3.38. The molecule has 2 aromatic rings. The van der Waals surface area contributed by atoms with Gasteiger partial charge in [-0.25, -0.2) is 13.8 Å². The minimum absolute atomic E-state index is 0.0349. The van der Waals surface area contributed by atoms with E-state index in [1.165, 1.54) is 23.2 Å². The maximum atomic E-state index is 14.2. The van der Waals surface area contributed by atoms with Gasteiger partial charge in [0.1, 0.15) is 12.0 Å². The van der Waals surface area contributed by atoms with Gasteiger partial charge in [-0.1, -0.05) is 26.2 Å². The minimum atomic E-state index is -0.879. The molecule has 2 aliphatic heterocycles. The molecule has 2 aliphatic rings. The third-order valence-corrected chi connectivity index (χ3v) is 5.95. The normalized spacial score (nSPS) is 20.8. The molecule has 4 rings (SSSR count). The molecule has 0 aromatic carbocycles. The number of methoxy groups -OCH3 is 1. The van der Waals surface area contributed by atoms with E-state index in [1.807, 2.05) is 11.1 Å². The fourth-order valence-electron chi connectivity index (χ4n) is 4.22. The van der Waals surface area contributed by atoms with Crippen LogP contribution in [0.25, 0.3) is 5.65 Å². The van der Waals surface area contributed by atoms with E-state index in [9.17, 15) is 13.9 Å². The van der Waals surface area contributed by atoms with Crippen LogP contribution in [0.2, 0.25) is 0 Å². The molecule has 33 heavy (non-hydrogen) atoms. The predicted octanol–water partition coefficient (Wildman–Crippen LogP) is 2.72. The predicted molar refractivity (Wildman–Crippen MR) is 122 cm³/mol. The Bertz CT molecular complexity index is 1070. The van der Waals surface area contributed by atoms with E-state index in [0.29, 0.717) is 36.8 Å². The molecular formula is C23H30F2N6O2. The molecular weight excluding hydrogens is 430 g/mol. The standard InChI is InChI=1S/C23H30F2N6O2/c1-3-4-5-6-7-26-23(32)18-11-19-16(12-27-18)21(29-31(19)8-9-33-2)20-13-28-22-17(25)10-15(24)14-30(20)22/h10-14,16,19,23,26,32H,3-9H2,1-2H3. The molecule has 4 heterocycles. The molecule has 178 valence electrons. The number of nitrogens with one attached hydrogen (secondary N) is 1. The number of hydrogen-bond acceptors (Lipinski definition) is 7. The summed E-state index contributed by atoms with van der Waals surface area (Å²) < 4.78 is 34.7. The first-order valence-corrected chi connectivity index (χ1v) is 11.4. The Labute approximate surface area is 191 Å². The first-order chi connectivity index (χ1) is 16.0. The average molecular weight is 461 g/mol. The van der Waals surface area contributed by atoms with Crippen molar-refractivity contribution in [2.75, 3.05) is 26.8 Å². The zero-order valence-corrected chi connectivity index (χ0v) is 18.9. The topological polar surface area (TPSA) is 86.8 Å². The monoisotopic (exact) mass is 460 g/mol. The van der Waals surface area contributed by atoms with Crippen LogP contribution in [0.3, 0.4) is 0 Å². The highest BCUT2D eigenvalue weighted by Gasteiger charge is 2.39. The van der Waals surface area contributed by atoms with Crippen LogP contribution in [0.5, 0.6) is 0 Å². The molecule has 8 nitrogen and oxygen atoms in total. The van der Waals surface area contributed by atoms with Crippen molar-refractivity contribution in [3.63, 3.8) is 0 Å². The van der Waals surface area contributed by atoms with E-state index in [1.54, 1.807) is 13.3 Å². The van der Waals surface area contributed by atoms with Gasteiger partial charge in [0.05, 0.1) is 48.4 Å². The van der Waals surface area contributed by atoms with E-state index in [4.69, 9.17) is 9.84 Å². The number of pyridine rings is 1. The summed E-state index contributed by atoms with van der Waals surface area (Å²) in [4.78, 5) is 8.60. The molecule has 0 saturated carbocycles. The molecule has 0 saturated heterocycles. The number of aliphatic hydroxyl groups is 1. The summed E-state index contributed by atoms with van der Waals surface area (Å²) >= 11 is 0. The van der Waals surface area contributed by atoms with Crippen molar-refractivity contribution in [1.29, 1.82) is 0 Å². The number of aliphatic imine (C=N–C) groups is 1. The molecule has 0 amide bonds. The first kappa shape index (κ1) is 23.5. The maximum Gasteiger partial charge on any atom is 0.173 e. The lowest BCUT2D eigenvalue weighted by Gasteiger charge is -2.27. The number of aliphatic hydroxyl groups excluding tert-OH is 1. The van der Waals surface area contributed by atoms with E-state index in [-0.39, 0.29) is 17.6 Å². The second kappa shape index (κ2) is 10.5. The Hall–Kier alpha value is -2.69. The number of rotatable bonds is 11. The van der Waals surface area contributed by atoms with E-state index in [2.05, 4.69) is 22.2 Å². The van der Waals surface area contributed by atoms with Gasteiger partial charge >= 0.3 is 0 Å². The van der Waals surface area contributed by atoms with Gasteiger partial charge < -0.3 is 9.84 Å². The molecule has 2 N–H and O–H groups in total. The van der Waals surface area contributed by atoms with Crippen molar-refractivity contribution < 1.29 is 18.6 Å². The van der Waals surface area contributed by atoms with E-state index < -0.39 is 17.9 Å². The number of unbranched alkanes of at least 4 members (excludes halogenated alkanes) is 3. The minimum Gasteiger partial charge on any atom is -0.383 e. The van der Waals surface area contributed by atoms with Crippen molar-refractivity contribution in [2.45, 2.75) is 44.9 Å². The number of halogens is 2. The van der Waals surface area contributed by atoms with Gasteiger partial charge in [-0.3, -0.25) is 19.7 Å². The molecule has 0 fully saturated rings. The summed E-state index contributed by atoms with van der Waals surface area (Å²) in [5, 5.41) is 20.3. The lowest BCUT2D eigenvalue weighted by Crippen LogP contribution is -2.39. The van der Waals surface area contributed by atoms with Crippen LogP contribution in [-0.4, -0.2) is 70.5 Å². The number of aromatic nitrogens is 2. The Morgan fingerprint density at radius 1 is 1.27 bits per heavy atom. The second-order valence-corrected chi connectivity index (χ2v) is 8.29. The van der Waals surface area contributed by atoms with E-state index in [0.717, 1.165) is 25.3 Å². The summed E-state index contributed by atoms with van der Waals surface area (Å²) in [6.45, 7) is 3.83. The molecule has 0 radical (unpaired) electrons. The lowest BCUT2D eigenvalue weighted by molar-refractivity contribution is 0.137. The smallest absolute Gasteiger partial charge is 0.173 e. The Morgan fingerprint density at radius 2 is 2.12 bits per heavy atom. The molecule has 0 spiro atoms. The van der Waals surface area contributed by atoms with Gasteiger partial charge in [0.25, 0.3) is 0 Å². The number of hydrogen-bond donors (Lipinski definition) is 2. The van der Waals surface area contributed by atoms with Crippen molar-refractivity contribution in [3.8, 4) is 0 Å². The van der Waals surface area contributed by atoms with Gasteiger partial charge in [-0.15, -0.1) is 0 Å². The highest BCUT2D eigenvalue weighted by Crippen LogP contribution is 2.30. The van der Waals surface area contributed by atoms with Gasteiger partial charge in [0, 0.05) is 25.6 Å². The number of fused-ring (bicyclic) bond motifs is 2. The van der Waals surface area contributed by atoms with Crippen molar-refractivity contribution in [1.82, 2.24) is 19.7 Å². The summed E-state index contributed by atoms with van der Waals surface area (Å²) in [6.07, 6.45) is 9.88. The second-order valence-electron chi connectivity index (χ2n) is 8.29. The maximum absolute atomic E-state index is 14.2. The summed E-state index contributed by atoms with van der Waals surface area (Å²) in [6, 6.07) is 0.604. The number of nitrogens with zero attached hydrogens (tertiary/aromatic N) is 5. The van der Waals surface area contributed by atoms with Crippen LogP contribution >= 0.6 is 0 Å². The molecule has 0 bridgehead atoms. The summed E-state index contributed by atoms with van der Waals surface area (Å²) in [7, 11) is 1.62. The third kappa shape index (κ3) is 4.97.